The molecule has 0 aliphatic carbocycles. The Kier molecular flexibility index (Phi) is 4.06. The second-order valence-electron chi connectivity index (χ2n) is 5.42. The second kappa shape index (κ2) is 6.02. The van der Waals surface area contributed by atoms with E-state index in [2.05, 4.69) is 15.4 Å². The van der Waals surface area contributed by atoms with E-state index in [4.69, 9.17) is 0 Å². The highest BCUT2D eigenvalue weighted by Gasteiger charge is 2.32. The van der Waals surface area contributed by atoms with Crippen LogP contribution in [0.4, 0.5) is 18.9 Å². The zero-order chi connectivity index (χ0) is 16.4. The normalized spacial score (nSPS) is 14.4. The summed E-state index contributed by atoms with van der Waals surface area (Å²) in [5.41, 5.74) is 0.673. The van der Waals surface area contributed by atoms with Gasteiger partial charge in [0.1, 0.15) is 5.69 Å². The van der Waals surface area contributed by atoms with Gasteiger partial charge in [-0.1, -0.05) is 6.07 Å². The lowest BCUT2D eigenvalue weighted by Gasteiger charge is -2.15. The molecule has 5 nitrogen and oxygen atoms in total. The predicted octanol–water partition coefficient (Wildman–Crippen LogP) is 2.81. The first kappa shape index (κ1) is 15.5. The number of halogens is 3. The number of alkyl halides is 3. The summed E-state index contributed by atoms with van der Waals surface area (Å²) in [6, 6.07) is 3.54. The number of rotatable bonds is 3. The van der Waals surface area contributed by atoms with Crippen LogP contribution in [0.5, 0.6) is 0 Å². The molecule has 3 rings (SSSR count). The smallest absolute Gasteiger partial charge is 0.323 e. The quantitative estimate of drug-likeness (QED) is 0.944. The molecular weight excluding hydrogens is 309 g/mol. The molecule has 23 heavy (non-hydrogen) atoms. The van der Waals surface area contributed by atoms with E-state index in [0.29, 0.717) is 5.69 Å². The van der Waals surface area contributed by atoms with E-state index in [9.17, 15) is 18.0 Å². The number of carbonyl (C=O) groups is 1. The molecule has 0 unspecified atom stereocenters. The maximum Gasteiger partial charge on any atom is 0.433 e. The molecular formula is C15H15F3N4O. The second-order valence-corrected chi connectivity index (χ2v) is 5.42. The molecule has 122 valence electrons. The summed E-state index contributed by atoms with van der Waals surface area (Å²) in [5, 5.41) is 6.91. The van der Waals surface area contributed by atoms with Gasteiger partial charge in [0.25, 0.3) is 0 Å². The van der Waals surface area contributed by atoms with Gasteiger partial charge in [-0.25, -0.2) is 4.98 Å². The van der Waals surface area contributed by atoms with Crippen molar-refractivity contribution in [2.24, 2.45) is 0 Å². The molecule has 3 heterocycles. The fourth-order valence-electron chi connectivity index (χ4n) is 2.62. The molecule has 1 amide bonds. The Hall–Kier alpha value is -2.38. The van der Waals surface area contributed by atoms with Crippen molar-refractivity contribution in [3.63, 3.8) is 0 Å². The maximum absolute atomic E-state index is 12.6. The third kappa shape index (κ3) is 3.52. The van der Waals surface area contributed by atoms with Gasteiger partial charge in [-0.15, -0.1) is 0 Å². The minimum Gasteiger partial charge on any atom is -0.323 e. The lowest BCUT2D eigenvalue weighted by atomic mass is 10.1. The molecule has 1 aliphatic rings. The van der Waals surface area contributed by atoms with Crippen LogP contribution in [-0.2, 0) is 30.4 Å². The first-order chi connectivity index (χ1) is 10.9. The number of fused-ring (bicyclic) bond motifs is 1. The Labute approximate surface area is 130 Å². The van der Waals surface area contributed by atoms with E-state index in [-0.39, 0.29) is 12.1 Å². The van der Waals surface area contributed by atoms with Crippen LogP contribution in [0.15, 0.2) is 24.4 Å². The largest absolute Gasteiger partial charge is 0.433 e. The summed E-state index contributed by atoms with van der Waals surface area (Å²) >= 11 is 0. The van der Waals surface area contributed by atoms with Crippen LogP contribution in [0, 0.1) is 0 Å². The van der Waals surface area contributed by atoms with E-state index in [0.717, 1.165) is 37.6 Å². The van der Waals surface area contributed by atoms with Crippen LogP contribution in [-0.4, -0.2) is 20.7 Å². The van der Waals surface area contributed by atoms with E-state index in [1.165, 1.54) is 12.1 Å². The number of hydrogen-bond donors (Lipinski definition) is 1. The average molecular weight is 324 g/mol. The van der Waals surface area contributed by atoms with Crippen molar-refractivity contribution in [1.29, 1.82) is 0 Å². The highest BCUT2D eigenvalue weighted by atomic mass is 19.4. The Morgan fingerprint density at radius 3 is 2.91 bits per heavy atom. The minimum atomic E-state index is -4.52. The third-order valence-electron chi connectivity index (χ3n) is 3.70. The van der Waals surface area contributed by atoms with Gasteiger partial charge in [0, 0.05) is 6.54 Å². The summed E-state index contributed by atoms with van der Waals surface area (Å²) in [6.07, 6.45) is -0.234. The van der Waals surface area contributed by atoms with Crippen molar-refractivity contribution < 1.29 is 18.0 Å². The molecule has 0 bridgehead atoms. The molecule has 8 heteroatoms. The highest BCUT2D eigenvalue weighted by Crippen LogP contribution is 2.27. The molecule has 0 atom stereocenters. The van der Waals surface area contributed by atoms with Crippen LogP contribution >= 0.6 is 0 Å². The summed E-state index contributed by atoms with van der Waals surface area (Å²) in [4.78, 5) is 15.6. The fraction of sp³-hybridized carbons (Fsp3) is 0.400. The van der Waals surface area contributed by atoms with Crippen molar-refractivity contribution in [2.75, 3.05) is 5.32 Å². The van der Waals surface area contributed by atoms with Crippen molar-refractivity contribution in [1.82, 2.24) is 14.8 Å². The van der Waals surface area contributed by atoms with Crippen molar-refractivity contribution in [3.05, 3.63) is 41.5 Å². The molecule has 0 spiro atoms. The zero-order valence-electron chi connectivity index (χ0n) is 12.2. The Morgan fingerprint density at radius 2 is 2.13 bits per heavy atom. The molecule has 0 fully saturated rings. The number of aryl methyl sites for hydroxylation is 1. The first-order valence-electron chi connectivity index (χ1n) is 7.31. The van der Waals surface area contributed by atoms with E-state index < -0.39 is 17.8 Å². The van der Waals surface area contributed by atoms with E-state index in [1.807, 2.05) is 4.68 Å². The van der Waals surface area contributed by atoms with Gasteiger partial charge in [-0.3, -0.25) is 9.48 Å². The minimum absolute atomic E-state index is 0.0818. The van der Waals surface area contributed by atoms with Crippen LogP contribution in [0.1, 0.15) is 29.9 Å². The van der Waals surface area contributed by atoms with Crippen molar-refractivity contribution in [2.45, 2.75) is 38.4 Å². The summed E-state index contributed by atoms with van der Waals surface area (Å²) in [5.74, 6) is -0.404. The van der Waals surface area contributed by atoms with Gasteiger partial charge in [0.05, 0.1) is 29.7 Å². The van der Waals surface area contributed by atoms with Crippen LogP contribution < -0.4 is 5.32 Å². The predicted molar refractivity (Wildman–Crippen MR) is 76.7 cm³/mol. The molecule has 1 N–H and O–H groups in total. The SMILES string of the molecule is O=C(Cc1cccc(C(F)(F)F)n1)Nc1cnn2c1CCCC2. The van der Waals surface area contributed by atoms with Crippen LogP contribution in [0.25, 0.3) is 0 Å². The topological polar surface area (TPSA) is 59.8 Å². The lowest BCUT2D eigenvalue weighted by molar-refractivity contribution is -0.141. The first-order valence-corrected chi connectivity index (χ1v) is 7.31. The molecule has 0 saturated heterocycles. The Bertz CT molecular complexity index is 724. The van der Waals surface area contributed by atoms with E-state index >= 15 is 0 Å². The van der Waals surface area contributed by atoms with Crippen molar-refractivity contribution >= 4 is 11.6 Å². The Morgan fingerprint density at radius 1 is 1.30 bits per heavy atom. The molecule has 2 aromatic heterocycles. The number of aromatic nitrogens is 3. The molecule has 0 saturated carbocycles. The monoisotopic (exact) mass is 324 g/mol. The number of nitrogens with one attached hydrogen (secondary N) is 1. The number of pyridine rings is 1. The Balaban J connectivity index is 1.69. The molecule has 0 radical (unpaired) electrons. The fourth-order valence-corrected chi connectivity index (χ4v) is 2.62. The van der Waals surface area contributed by atoms with Crippen LogP contribution in [0.2, 0.25) is 0 Å². The number of anilines is 1. The van der Waals surface area contributed by atoms with Gasteiger partial charge in [0.15, 0.2) is 0 Å². The van der Waals surface area contributed by atoms with Crippen molar-refractivity contribution in [3.8, 4) is 0 Å². The van der Waals surface area contributed by atoms with Gasteiger partial charge in [-0.05, 0) is 31.4 Å². The third-order valence-corrected chi connectivity index (χ3v) is 3.70. The van der Waals surface area contributed by atoms with Gasteiger partial charge >= 0.3 is 6.18 Å². The van der Waals surface area contributed by atoms with E-state index in [1.54, 1.807) is 6.20 Å². The molecule has 0 aromatic carbocycles. The number of hydrogen-bond acceptors (Lipinski definition) is 3. The standard InChI is InChI=1S/C15H15F3N4O/c16-15(17,18)13-6-3-4-10(20-13)8-14(23)21-11-9-19-22-7-2-1-5-12(11)22/h3-4,6,9H,1-2,5,7-8H2,(H,21,23). The molecule has 1 aliphatic heterocycles. The lowest BCUT2D eigenvalue weighted by Crippen LogP contribution is -2.18. The zero-order valence-corrected chi connectivity index (χ0v) is 12.2. The number of amides is 1. The summed E-state index contributed by atoms with van der Waals surface area (Å²) < 4.78 is 39.7. The van der Waals surface area contributed by atoms with Gasteiger partial charge in [0.2, 0.25) is 5.91 Å². The number of carbonyl (C=O) groups excluding carboxylic acids is 1. The highest BCUT2D eigenvalue weighted by molar-refractivity contribution is 5.92. The maximum atomic E-state index is 12.6. The van der Waals surface area contributed by atoms with Crippen LogP contribution in [0.3, 0.4) is 0 Å². The van der Waals surface area contributed by atoms with Gasteiger partial charge in [-0.2, -0.15) is 18.3 Å². The molecule has 2 aromatic rings. The van der Waals surface area contributed by atoms with Gasteiger partial charge < -0.3 is 5.32 Å². The number of nitrogens with zero attached hydrogens (tertiary/aromatic N) is 3. The summed E-state index contributed by atoms with van der Waals surface area (Å²) in [6.45, 7) is 0.820. The average Bonchev–Trinajstić information content (AvgIpc) is 2.90. The summed E-state index contributed by atoms with van der Waals surface area (Å²) in [7, 11) is 0.